The summed E-state index contributed by atoms with van der Waals surface area (Å²) < 4.78 is 25.5. The Morgan fingerprint density at radius 3 is 2.07 bits per heavy atom. The largest absolute Gasteiger partial charge is 0.472 e. The molecule has 0 heterocycles. The van der Waals surface area contributed by atoms with Gasteiger partial charge in [0.1, 0.15) is 12.7 Å². The van der Waals surface area contributed by atoms with E-state index >= 15 is 0 Å². The molecule has 0 aromatic heterocycles. The van der Waals surface area contributed by atoms with Crippen molar-refractivity contribution in [2.24, 2.45) is 0 Å². The van der Waals surface area contributed by atoms with Gasteiger partial charge in [-0.15, -0.1) is 0 Å². The molecule has 0 aliphatic rings. The molecule has 3 N–H and O–H groups in total. The average Bonchev–Trinajstić information content (AvgIpc) is 2.69. The van der Waals surface area contributed by atoms with Gasteiger partial charge in [0.15, 0.2) is 0 Å². The number of amides is 1. The smallest absolute Gasteiger partial charge is 0.463 e. The monoisotopic (exact) mass is 453 g/mol. The minimum absolute atomic E-state index is 0.0838. The number of carbonyl (C=O) groups is 2. The summed E-state index contributed by atoms with van der Waals surface area (Å²) in [6.45, 7) is 2.42. The molecule has 0 radical (unpaired) electrons. The van der Waals surface area contributed by atoms with Gasteiger partial charge in [-0.3, -0.25) is 18.6 Å². The molecule has 178 valence electrons. The normalized spacial score (nSPS) is 14.1. The Bertz CT molecular complexity index is 503. The molecular formula is C20H40NO8P. The number of nitrogens with one attached hydrogen (secondary N) is 1. The van der Waals surface area contributed by atoms with Gasteiger partial charge in [-0.1, -0.05) is 64.7 Å². The van der Waals surface area contributed by atoms with Gasteiger partial charge in [-0.05, 0) is 6.42 Å². The van der Waals surface area contributed by atoms with Crippen molar-refractivity contribution in [3.8, 4) is 0 Å². The first-order valence-corrected chi connectivity index (χ1v) is 12.5. The molecule has 0 bridgehead atoms. The molecule has 2 unspecified atom stereocenters. The maximum atomic E-state index is 11.7. The summed E-state index contributed by atoms with van der Waals surface area (Å²) in [5.41, 5.74) is 0. The van der Waals surface area contributed by atoms with Gasteiger partial charge >= 0.3 is 13.8 Å². The number of unbranched alkanes of at least 4 members (excludes halogenated alkanes) is 9. The van der Waals surface area contributed by atoms with E-state index in [-0.39, 0.29) is 25.7 Å². The fraction of sp³-hybridized carbons (Fsp3) is 0.900. The minimum atomic E-state index is -4.35. The molecule has 2 atom stereocenters. The highest BCUT2D eigenvalue weighted by molar-refractivity contribution is 7.47. The zero-order chi connectivity index (χ0) is 22.7. The van der Waals surface area contributed by atoms with Crippen molar-refractivity contribution in [3.05, 3.63) is 0 Å². The second-order valence-corrected chi connectivity index (χ2v) is 8.79. The Morgan fingerprint density at radius 1 is 0.933 bits per heavy atom. The van der Waals surface area contributed by atoms with Gasteiger partial charge in [0.05, 0.1) is 13.2 Å². The summed E-state index contributed by atoms with van der Waals surface area (Å²) in [5, 5.41) is 12.1. The maximum absolute atomic E-state index is 11.7. The highest BCUT2D eigenvalue weighted by Crippen LogP contribution is 2.42. The average molecular weight is 454 g/mol. The fourth-order valence-corrected chi connectivity index (χ4v) is 3.45. The first-order chi connectivity index (χ1) is 14.3. The molecule has 9 nitrogen and oxygen atoms in total. The van der Waals surface area contributed by atoms with E-state index in [9.17, 15) is 24.2 Å². The third-order valence-corrected chi connectivity index (χ3v) is 5.33. The Morgan fingerprint density at radius 2 is 1.50 bits per heavy atom. The number of esters is 1. The van der Waals surface area contributed by atoms with Crippen LogP contribution in [0.3, 0.4) is 0 Å². The van der Waals surface area contributed by atoms with Crippen LogP contribution < -0.4 is 5.32 Å². The van der Waals surface area contributed by atoms with E-state index in [1.807, 2.05) is 0 Å². The lowest BCUT2D eigenvalue weighted by atomic mass is 10.1. The quantitative estimate of drug-likeness (QED) is 0.145. The lowest BCUT2D eigenvalue weighted by molar-refractivity contribution is -0.144. The SMILES string of the molecule is CCCCCCCCCCCCC(=O)NCCOP(=O)(O)OCC(O)COC(C)=O. The molecule has 1 amide bonds. The van der Waals surface area contributed by atoms with E-state index in [1.165, 1.54) is 51.9 Å². The molecule has 0 aliphatic carbocycles. The molecule has 0 spiro atoms. The van der Waals surface area contributed by atoms with Gasteiger partial charge in [-0.25, -0.2) is 4.57 Å². The van der Waals surface area contributed by atoms with E-state index in [1.54, 1.807) is 0 Å². The first-order valence-electron chi connectivity index (χ1n) is 11.0. The van der Waals surface area contributed by atoms with Crippen LogP contribution in [0.25, 0.3) is 0 Å². The van der Waals surface area contributed by atoms with E-state index in [2.05, 4.69) is 21.5 Å². The summed E-state index contributed by atoms with van der Waals surface area (Å²) in [6.07, 6.45) is 11.2. The van der Waals surface area contributed by atoms with E-state index in [0.717, 1.165) is 19.3 Å². The summed E-state index contributed by atoms with van der Waals surface area (Å²) in [4.78, 5) is 31.8. The highest BCUT2D eigenvalue weighted by atomic mass is 31.2. The van der Waals surface area contributed by atoms with Crippen LogP contribution in [0.2, 0.25) is 0 Å². The Kier molecular flexibility index (Phi) is 18.1. The highest BCUT2D eigenvalue weighted by Gasteiger charge is 2.23. The number of hydrogen-bond acceptors (Lipinski definition) is 7. The van der Waals surface area contributed by atoms with Crippen molar-refractivity contribution in [2.75, 3.05) is 26.4 Å². The number of aliphatic hydroxyl groups excluding tert-OH is 1. The standard InChI is InChI=1S/C20H40NO8P/c1-3-4-5-6-7-8-9-10-11-12-13-20(24)21-14-15-28-30(25,26)29-17-19(23)16-27-18(2)22/h19,23H,3-17H2,1-2H3,(H,21,24)(H,25,26). The summed E-state index contributed by atoms with van der Waals surface area (Å²) in [6, 6.07) is 0. The van der Waals surface area contributed by atoms with E-state index in [0.29, 0.717) is 6.42 Å². The van der Waals surface area contributed by atoms with Crippen LogP contribution in [0.5, 0.6) is 0 Å². The molecular weight excluding hydrogens is 413 g/mol. The Hall–Kier alpha value is -0.990. The van der Waals surface area contributed by atoms with Gasteiger partial charge in [-0.2, -0.15) is 0 Å². The molecule has 0 saturated heterocycles. The van der Waals surface area contributed by atoms with Gasteiger partial charge in [0, 0.05) is 19.9 Å². The molecule has 30 heavy (non-hydrogen) atoms. The molecule has 0 aromatic carbocycles. The summed E-state index contributed by atoms with van der Waals surface area (Å²) in [7, 11) is -4.35. The molecule has 0 rings (SSSR count). The van der Waals surface area contributed by atoms with E-state index < -0.39 is 26.5 Å². The predicted octanol–water partition coefficient (Wildman–Crippen LogP) is 3.47. The van der Waals surface area contributed by atoms with Crippen molar-refractivity contribution >= 4 is 19.7 Å². The third-order valence-electron chi connectivity index (χ3n) is 4.35. The van der Waals surface area contributed by atoms with E-state index in [4.69, 9.17) is 4.52 Å². The number of carbonyl (C=O) groups excluding carboxylic acids is 2. The van der Waals surface area contributed by atoms with Crippen LogP contribution in [0.15, 0.2) is 0 Å². The number of phosphoric acid groups is 1. The van der Waals surface area contributed by atoms with Crippen LogP contribution in [0, 0.1) is 0 Å². The Labute approximate surface area is 180 Å². The predicted molar refractivity (Wildman–Crippen MR) is 114 cm³/mol. The lowest BCUT2D eigenvalue weighted by Crippen LogP contribution is -2.27. The number of hydrogen-bond donors (Lipinski definition) is 3. The zero-order valence-corrected chi connectivity index (χ0v) is 19.4. The van der Waals surface area contributed by atoms with Crippen LogP contribution in [-0.4, -0.2) is 54.3 Å². The van der Waals surface area contributed by atoms with Crippen molar-refractivity contribution in [3.63, 3.8) is 0 Å². The third kappa shape index (κ3) is 20.3. The van der Waals surface area contributed by atoms with Crippen molar-refractivity contribution in [1.82, 2.24) is 5.32 Å². The number of phosphoric ester groups is 1. The maximum Gasteiger partial charge on any atom is 0.472 e. The second-order valence-electron chi connectivity index (χ2n) is 7.34. The van der Waals surface area contributed by atoms with Crippen LogP contribution in [0.1, 0.15) is 84.5 Å². The molecule has 0 fully saturated rings. The Balaban J connectivity index is 3.58. The summed E-state index contributed by atoms with van der Waals surface area (Å²) >= 11 is 0. The second kappa shape index (κ2) is 18.8. The molecule has 0 saturated carbocycles. The fourth-order valence-electron chi connectivity index (χ4n) is 2.69. The van der Waals surface area contributed by atoms with Crippen molar-refractivity contribution in [1.29, 1.82) is 0 Å². The van der Waals surface area contributed by atoms with Crippen LogP contribution >= 0.6 is 7.82 Å². The van der Waals surface area contributed by atoms with Crippen LogP contribution in [0.4, 0.5) is 0 Å². The first kappa shape index (κ1) is 29.0. The van der Waals surface area contributed by atoms with Gasteiger partial charge in [0.2, 0.25) is 5.91 Å². The molecule has 10 heteroatoms. The van der Waals surface area contributed by atoms with Gasteiger partial charge < -0.3 is 20.1 Å². The summed E-state index contributed by atoms with van der Waals surface area (Å²) in [5.74, 6) is -0.699. The number of rotatable bonds is 20. The number of ether oxygens (including phenoxy) is 1. The topological polar surface area (TPSA) is 131 Å². The zero-order valence-electron chi connectivity index (χ0n) is 18.5. The van der Waals surface area contributed by atoms with Crippen molar-refractivity contribution in [2.45, 2.75) is 90.6 Å². The minimum Gasteiger partial charge on any atom is -0.463 e. The van der Waals surface area contributed by atoms with Crippen molar-refractivity contribution < 1.29 is 37.9 Å². The number of aliphatic hydroxyl groups is 1. The molecule has 0 aliphatic heterocycles. The van der Waals surface area contributed by atoms with Crippen LogP contribution in [-0.2, 0) is 27.9 Å². The van der Waals surface area contributed by atoms with Gasteiger partial charge in [0.25, 0.3) is 0 Å². The lowest BCUT2D eigenvalue weighted by Gasteiger charge is -2.15. The molecule has 0 aromatic rings.